The van der Waals surface area contributed by atoms with Crippen LogP contribution in [0.15, 0.2) is 24.3 Å². The van der Waals surface area contributed by atoms with E-state index in [0.29, 0.717) is 5.02 Å². The van der Waals surface area contributed by atoms with Gasteiger partial charge in [0.05, 0.1) is 10.9 Å². The molecular weight excluding hydrogens is 232 g/mol. The lowest BCUT2D eigenvalue weighted by molar-refractivity contribution is -0.138. The number of rotatable bonds is 2. The van der Waals surface area contributed by atoms with Crippen LogP contribution in [0.4, 0.5) is 0 Å². The number of thiophene rings is 1. The molecule has 1 heterocycles. The Hall–Kier alpha value is -1.06. The highest BCUT2D eigenvalue weighted by Crippen LogP contribution is 2.39. The molecule has 2 aromatic rings. The van der Waals surface area contributed by atoms with E-state index in [4.69, 9.17) is 16.7 Å². The summed E-state index contributed by atoms with van der Waals surface area (Å²) in [5.74, 6) is -1.39. The highest BCUT2D eigenvalue weighted by Gasteiger charge is 2.20. The fraction of sp³-hybridized carbons (Fsp3) is 0.182. The van der Waals surface area contributed by atoms with E-state index in [-0.39, 0.29) is 0 Å². The van der Waals surface area contributed by atoms with Crippen LogP contribution in [0.5, 0.6) is 0 Å². The molecule has 4 heteroatoms. The highest BCUT2D eigenvalue weighted by molar-refractivity contribution is 7.20. The van der Waals surface area contributed by atoms with Gasteiger partial charge in [-0.3, -0.25) is 4.79 Å². The SMILES string of the molecule is CC(C(=O)O)c1sc2ccccc2c1Cl. The van der Waals surface area contributed by atoms with Gasteiger partial charge in [-0.15, -0.1) is 11.3 Å². The first-order valence-corrected chi connectivity index (χ1v) is 5.70. The number of fused-ring (bicyclic) bond motifs is 1. The predicted octanol–water partition coefficient (Wildman–Crippen LogP) is 3.74. The second-order valence-electron chi connectivity index (χ2n) is 3.34. The first-order valence-electron chi connectivity index (χ1n) is 4.51. The van der Waals surface area contributed by atoms with Gasteiger partial charge in [0, 0.05) is 15.0 Å². The fourth-order valence-corrected chi connectivity index (χ4v) is 3.06. The van der Waals surface area contributed by atoms with Crippen molar-refractivity contribution in [3.63, 3.8) is 0 Å². The van der Waals surface area contributed by atoms with Crippen LogP contribution < -0.4 is 0 Å². The number of hydrogen-bond donors (Lipinski definition) is 1. The zero-order chi connectivity index (χ0) is 11.0. The lowest BCUT2D eigenvalue weighted by Gasteiger charge is -2.02. The Morgan fingerprint density at radius 3 is 2.73 bits per heavy atom. The molecular formula is C11H9ClO2S. The van der Waals surface area contributed by atoms with Gasteiger partial charge in [0.1, 0.15) is 0 Å². The Labute approximate surface area is 96.1 Å². The smallest absolute Gasteiger partial charge is 0.311 e. The molecule has 1 atom stereocenters. The Balaban J connectivity index is 2.63. The van der Waals surface area contributed by atoms with Crippen molar-refractivity contribution in [3.05, 3.63) is 34.2 Å². The molecule has 15 heavy (non-hydrogen) atoms. The topological polar surface area (TPSA) is 37.3 Å². The van der Waals surface area contributed by atoms with Crippen molar-refractivity contribution in [1.82, 2.24) is 0 Å². The quantitative estimate of drug-likeness (QED) is 0.868. The molecule has 1 N–H and O–H groups in total. The Morgan fingerprint density at radius 1 is 1.47 bits per heavy atom. The van der Waals surface area contributed by atoms with Crippen molar-refractivity contribution < 1.29 is 9.90 Å². The Kier molecular flexibility index (Phi) is 2.67. The maximum Gasteiger partial charge on any atom is 0.311 e. The number of carboxylic acids is 1. The minimum Gasteiger partial charge on any atom is -0.481 e. The normalized spacial score (nSPS) is 12.9. The summed E-state index contributed by atoms with van der Waals surface area (Å²) in [4.78, 5) is 11.6. The molecule has 0 spiro atoms. The summed E-state index contributed by atoms with van der Waals surface area (Å²) in [5.41, 5.74) is 0. The van der Waals surface area contributed by atoms with Gasteiger partial charge >= 0.3 is 5.97 Å². The molecule has 0 saturated heterocycles. The number of carboxylic acid groups (broad SMARTS) is 1. The summed E-state index contributed by atoms with van der Waals surface area (Å²) in [6, 6.07) is 7.68. The van der Waals surface area contributed by atoms with Crippen LogP contribution >= 0.6 is 22.9 Å². The van der Waals surface area contributed by atoms with E-state index in [1.54, 1.807) is 6.92 Å². The minimum atomic E-state index is -0.844. The molecule has 1 aromatic heterocycles. The standard InChI is InChI=1S/C11H9ClO2S/c1-6(11(13)14)10-9(12)7-4-2-3-5-8(7)15-10/h2-6H,1H3,(H,13,14). The molecule has 0 fully saturated rings. The summed E-state index contributed by atoms with van der Waals surface area (Å²) in [6.07, 6.45) is 0. The Morgan fingerprint density at radius 2 is 2.13 bits per heavy atom. The number of halogens is 1. The maximum atomic E-state index is 10.9. The third-order valence-corrected chi connectivity index (χ3v) is 4.20. The molecule has 0 radical (unpaired) electrons. The molecule has 0 aliphatic rings. The number of benzene rings is 1. The van der Waals surface area contributed by atoms with Gasteiger partial charge in [-0.05, 0) is 13.0 Å². The molecule has 0 saturated carbocycles. The van der Waals surface area contributed by atoms with Crippen molar-refractivity contribution >= 4 is 39.0 Å². The van der Waals surface area contributed by atoms with Crippen LogP contribution in [0.25, 0.3) is 10.1 Å². The van der Waals surface area contributed by atoms with Crippen molar-refractivity contribution in [2.75, 3.05) is 0 Å². The van der Waals surface area contributed by atoms with E-state index >= 15 is 0 Å². The van der Waals surface area contributed by atoms with Crippen molar-refractivity contribution in [3.8, 4) is 0 Å². The average molecular weight is 241 g/mol. The minimum absolute atomic E-state index is 0.546. The van der Waals surface area contributed by atoms with Crippen LogP contribution in [0.3, 0.4) is 0 Å². The van der Waals surface area contributed by atoms with E-state index in [1.807, 2.05) is 24.3 Å². The number of aliphatic carboxylic acids is 1. The van der Waals surface area contributed by atoms with Crippen molar-refractivity contribution in [2.24, 2.45) is 0 Å². The molecule has 0 aliphatic carbocycles. The maximum absolute atomic E-state index is 10.9. The molecule has 2 rings (SSSR count). The third-order valence-electron chi connectivity index (χ3n) is 2.32. The molecule has 78 valence electrons. The third kappa shape index (κ3) is 1.73. The van der Waals surface area contributed by atoms with Crippen LogP contribution in [-0.2, 0) is 4.79 Å². The second kappa shape index (κ2) is 3.83. The second-order valence-corrected chi connectivity index (χ2v) is 4.80. The fourth-order valence-electron chi connectivity index (χ4n) is 1.42. The summed E-state index contributed by atoms with van der Waals surface area (Å²) in [7, 11) is 0. The van der Waals surface area contributed by atoms with E-state index in [0.717, 1.165) is 15.0 Å². The van der Waals surface area contributed by atoms with Crippen molar-refractivity contribution in [1.29, 1.82) is 0 Å². The molecule has 1 unspecified atom stereocenters. The molecule has 1 aromatic carbocycles. The van der Waals surface area contributed by atoms with Gasteiger partial charge in [-0.25, -0.2) is 0 Å². The summed E-state index contributed by atoms with van der Waals surface area (Å²) >= 11 is 7.59. The molecule has 0 amide bonds. The van der Waals surface area contributed by atoms with Gasteiger partial charge in [0.15, 0.2) is 0 Å². The van der Waals surface area contributed by atoms with Gasteiger partial charge < -0.3 is 5.11 Å². The number of hydrogen-bond acceptors (Lipinski definition) is 2. The predicted molar refractivity (Wildman–Crippen MR) is 62.9 cm³/mol. The van der Waals surface area contributed by atoms with Crippen molar-refractivity contribution in [2.45, 2.75) is 12.8 Å². The zero-order valence-electron chi connectivity index (χ0n) is 8.03. The Bertz CT molecular complexity index is 518. The van der Waals surface area contributed by atoms with Crippen LogP contribution in [0.1, 0.15) is 17.7 Å². The van der Waals surface area contributed by atoms with Gasteiger partial charge in [0.25, 0.3) is 0 Å². The van der Waals surface area contributed by atoms with Crippen LogP contribution in [-0.4, -0.2) is 11.1 Å². The van der Waals surface area contributed by atoms with E-state index in [2.05, 4.69) is 0 Å². The van der Waals surface area contributed by atoms with Gasteiger partial charge in [-0.1, -0.05) is 29.8 Å². The molecule has 0 aliphatic heterocycles. The lowest BCUT2D eigenvalue weighted by Crippen LogP contribution is -2.05. The lowest BCUT2D eigenvalue weighted by atomic mass is 10.1. The highest BCUT2D eigenvalue weighted by atomic mass is 35.5. The first-order chi connectivity index (χ1) is 7.11. The van der Waals surface area contributed by atoms with Crippen LogP contribution in [0, 0.1) is 0 Å². The van der Waals surface area contributed by atoms with E-state index in [9.17, 15) is 4.79 Å². The van der Waals surface area contributed by atoms with E-state index < -0.39 is 11.9 Å². The summed E-state index contributed by atoms with van der Waals surface area (Å²) in [6.45, 7) is 1.65. The first kappa shape index (κ1) is 10.5. The van der Waals surface area contributed by atoms with E-state index in [1.165, 1.54) is 11.3 Å². The average Bonchev–Trinajstić information content (AvgIpc) is 2.56. The van der Waals surface area contributed by atoms with Gasteiger partial charge in [0.2, 0.25) is 0 Å². The molecule has 2 nitrogen and oxygen atoms in total. The molecule has 0 bridgehead atoms. The number of carbonyl (C=O) groups is 1. The van der Waals surface area contributed by atoms with Gasteiger partial charge in [-0.2, -0.15) is 0 Å². The zero-order valence-corrected chi connectivity index (χ0v) is 9.60. The monoisotopic (exact) mass is 240 g/mol. The summed E-state index contributed by atoms with van der Waals surface area (Å²) in [5, 5.41) is 10.4. The van der Waals surface area contributed by atoms with Crippen LogP contribution in [0.2, 0.25) is 5.02 Å². The summed E-state index contributed by atoms with van der Waals surface area (Å²) < 4.78 is 1.03. The largest absolute Gasteiger partial charge is 0.481 e.